The monoisotopic (exact) mass is 370 g/mol. The van der Waals surface area contributed by atoms with E-state index in [2.05, 4.69) is 13.8 Å². The van der Waals surface area contributed by atoms with Gasteiger partial charge in [-0.2, -0.15) is 0 Å². The lowest BCUT2D eigenvalue weighted by Crippen LogP contribution is -2.38. The second-order valence-corrected chi connectivity index (χ2v) is 7.80. The molecule has 4 nitrogen and oxygen atoms in total. The number of fused-ring (bicyclic) bond motifs is 1. The average molecular weight is 370 g/mol. The van der Waals surface area contributed by atoms with Crippen LogP contribution in [0.25, 0.3) is 0 Å². The third-order valence-corrected chi connectivity index (χ3v) is 5.80. The molecule has 146 valence electrons. The Balaban J connectivity index is 1.54. The van der Waals surface area contributed by atoms with Crippen LogP contribution in [-0.2, 0) is 20.7 Å². The van der Waals surface area contributed by atoms with Crippen LogP contribution in [0.2, 0.25) is 0 Å². The zero-order chi connectivity index (χ0) is 19.2. The molecule has 1 aromatic carbocycles. The van der Waals surface area contributed by atoms with Gasteiger partial charge in [-0.05, 0) is 42.9 Å². The highest BCUT2D eigenvalue weighted by Gasteiger charge is 2.35. The summed E-state index contributed by atoms with van der Waals surface area (Å²) in [5, 5.41) is 0. The highest BCUT2D eigenvalue weighted by Crippen LogP contribution is 2.32. The number of ether oxygens (including phenoxy) is 2. The van der Waals surface area contributed by atoms with Gasteiger partial charge in [0.15, 0.2) is 0 Å². The number of carbonyl (C=O) groups is 2. The molecule has 1 aromatic rings. The summed E-state index contributed by atoms with van der Waals surface area (Å²) in [5.41, 5.74) is 1.86. The second kappa shape index (κ2) is 9.20. The molecule has 0 aromatic heterocycles. The first-order chi connectivity index (χ1) is 13.1. The standard InChI is InChI=1S/C23H30O4/c1-3-5-16(4-2)14-17-6-8-19(9-7-17)23(25)26-20-12-10-18-11-13-22(24)27-21(18)15-20/h6-9,11,13,16,18,20-21H,3-5,10,12,14-15H2,1-2H3. The number of esters is 2. The van der Waals surface area contributed by atoms with Crippen molar-refractivity contribution in [3.63, 3.8) is 0 Å². The van der Waals surface area contributed by atoms with E-state index in [1.165, 1.54) is 30.9 Å². The molecule has 4 heteroatoms. The number of hydrogen-bond donors (Lipinski definition) is 0. The van der Waals surface area contributed by atoms with Crippen molar-refractivity contribution in [2.24, 2.45) is 11.8 Å². The van der Waals surface area contributed by atoms with Gasteiger partial charge in [-0.3, -0.25) is 0 Å². The van der Waals surface area contributed by atoms with Gasteiger partial charge >= 0.3 is 11.9 Å². The van der Waals surface area contributed by atoms with Gasteiger partial charge in [0.25, 0.3) is 0 Å². The van der Waals surface area contributed by atoms with Crippen LogP contribution in [0.5, 0.6) is 0 Å². The van der Waals surface area contributed by atoms with Crippen LogP contribution in [0.1, 0.15) is 68.3 Å². The molecular weight excluding hydrogens is 340 g/mol. The van der Waals surface area contributed by atoms with Crippen molar-refractivity contribution >= 4 is 11.9 Å². The quantitative estimate of drug-likeness (QED) is 0.643. The van der Waals surface area contributed by atoms with Crippen molar-refractivity contribution in [1.29, 1.82) is 0 Å². The molecule has 1 aliphatic heterocycles. The lowest BCUT2D eigenvalue weighted by molar-refractivity contribution is -0.150. The predicted molar refractivity (Wildman–Crippen MR) is 104 cm³/mol. The van der Waals surface area contributed by atoms with Gasteiger partial charge in [-0.25, -0.2) is 9.59 Å². The highest BCUT2D eigenvalue weighted by atomic mass is 16.6. The van der Waals surface area contributed by atoms with E-state index in [4.69, 9.17) is 9.47 Å². The minimum atomic E-state index is -0.299. The molecule has 0 bridgehead atoms. The fourth-order valence-electron chi connectivity index (χ4n) is 4.16. The molecule has 2 aliphatic rings. The Morgan fingerprint density at radius 1 is 1.22 bits per heavy atom. The van der Waals surface area contributed by atoms with Gasteiger partial charge in [0.05, 0.1) is 5.56 Å². The highest BCUT2D eigenvalue weighted by molar-refractivity contribution is 5.89. The van der Waals surface area contributed by atoms with E-state index in [9.17, 15) is 9.59 Å². The Labute approximate surface area is 161 Å². The number of benzene rings is 1. The maximum absolute atomic E-state index is 12.5. The maximum Gasteiger partial charge on any atom is 0.338 e. The molecule has 3 rings (SSSR count). The van der Waals surface area contributed by atoms with Gasteiger partial charge in [-0.15, -0.1) is 0 Å². The maximum atomic E-state index is 12.5. The Bertz CT molecular complexity index is 676. The third kappa shape index (κ3) is 5.21. The summed E-state index contributed by atoms with van der Waals surface area (Å²) in [4.78, 5) is 23.9. The zero-order valence-corrected chi connectivity index (χ0v) is 16.4. The SMILES string of the molecule is CCCC(CC)Cc1ccc(C(=O)OC2CCC3C=CC(=O)OC3C2)cc1. The van der Waals surface area contributed by atoms with Crippen LogP contribution in [-0.4, -0.2) is 24.1 Å². The Hall–Kier alpha value is -2.10. The van der Waals surface area contributed by atoms with E-state index < -0.39 is 0 Å². The van der Waals surface area contributed by atoms with E-state index in [0.29, 0.717) is 17.9 Å². The first-order valence-corrected chi connectivity index (χ1v) is 10.3. The molecule has 0 spiro atoms. The van der Waals surface area contributed by atoms with Crippen molar-refractivity contribution in [1.82, 2.24) is 0 Å². The molecule has 0 radical (unpaired) electrons. The first-order valence-electron chi connectivity index (χ1n) is 10.3. The molecular formula is C23H30O4. The summed E-state index contributed by atoms with van der Waals surface area (Å²) in [6.07, 6.45) is 10.0. The second-order valence-electron chi connectivity index (χ2n) is 7.80. The summed E-state index contributed by atoms with van der Waals surface area (Å²) in [7, 11) is 0. The van der Waals surface area contributed by atoms with Crippen LogP contribution in [0.4, 0.5) is 0 Å². The Morgan fingerprint density at radius 2 is 2.00 bits per heavy atom. The number of hydrogen-bond acceptors (Lipinski definition) is 4. The summed E-state index contributed by atoms with van der Waals surface area (Å²) in [6, 6.07) is 7.82. The van der Waals surface area contributed by atoms with E-state index in [0.717, 1.165) is 19.3 Å². The molecule has 1 fully saturated rings. The number of rotatable bonds is 7. The molecule has 1 aliphatic carbocycles. The molecule has 4 atom stereocenters. The molecule has 0 saturated heterocycles. The first kappa shape index (κ1) is 19.7. The van der Waals surface area contributed by atoms with Gasteiger partial charge in [0, 0.05) is 18.4 Å². The summed E-state index contributed by atoms with van der Waals surface area (Å²) < 4.78 is 11.1. The average Bonchev–Trinajstić information content (AvgIpc) is 2.67. The number of carbonyl (C=O) groups excluding carboxylic acids is 2. The van der Waals surface area contributed by atoms with Gasteiger partial charge in [0.2, 0.25) is 0 Å². The van der Waals surface area contributed by atoms with E-state index in [1.54, 1.807) is 0 Å². The van der Waals surface area contributed by atoms with Crippen LogP contribution in [0, 0.1) is 11.8 Å². The molecule has 0 amide bonds. The fourth-order valence-corrected chi connectivity index (χ4v) is 4.16. The van der Waals surface area contributed by atoms with Crippen LogP contribution in [0.3, 0.4) is 0 Å². The van der Waals surface area contributed by atoms with Gasteiger partial charge < -0.3 is 9.47 Å². The van der Waals surface area contributed by atoms with Crippen LogP contribution in [0.15, 0.2) is 36.4 Å². The molecule has 4 unspecified atom stereocenters. The van der Waals surface area contributed by atoms with E-state index >= 15 is 0 Å². The van der Waals surface area contributed by atoms with Crippen molar-refractivity contribution in [3.05, 3.63) is 47.5 Å². The minimum absolute atomic E-state index is 0.166. The van der Waals surface area contributed by atoms with Crippen molar-refractivity contribution in [3.8, 4) is 0 Å². The largest absolute Gasteiger partial charge is 0.459 e. The predicted octanol–water partition coefficient (Wildman–Crippen LogP) is 4.86. The molecule has 0 N–H and O–H groups in total. The van der Waals surface area contributed by atoms with Crippen LogP contribution < -0.4 is 0 Å². The Morgan fingerprint density at radius 3 is 2.70 bits per heavy atom. The lowest BCUT2D eigenvalue weighted by atomic mass is 9.83. The smallest absolute Gasteiger partial charge is 0.338 e. The van der Waals surface area contributed by atoms with E-state index in [-0.39, 0.29) is 30.1 Å². The van der Waals surface area contributed by atoms with Gasteiger partial charge in [0.1, 0.15) is 12.2 Å². The minimum Gasteiger partial charge on any atom is -0.459 e. The lowest BCUT2D eigenvalue weighted by Gasteiger charge is -2.35. The Kier molecular flexibility index (Phi) is 6.70. The van der Waals surface area contributed by atoms with Crippen molar-refractivity contribution < 1.29 is 19.1 Å². The van der Waals surface area contributed by atoms with Crippen LogP contribution >= 0.6 is 0 Å². The van der Waals surface area contributed by atoms with Gasteiger partial charge in [-0.1, -0.05) is 51.3 Å². The van der Waals surface area contributed by atoms with E-state index in [1.807, 2.05) is 30.3 Å². The molecule has 1 saturated carbocycles. The van der Waals surface area contributed by atoms with Crippen molar-refractivity contribution in [2.45, 2.75) is 71.0 Å². The topological polar surface area (TPSA) is 52.6 Å². The zero-order valence-electron chi connectivity index (χ0n) is 16.4. The summed E-state index contributed by atoms with van der Waals surface area (Å²) in [6.45, 7) is 4.46. The summed E-state index contributed by atoms with van der Waals surface area (Å²) >= 11 is 0. The fraction of sp³-hybridized carbons (Fsp3) is 0.565. The molecule has 1 heterocycles. The summed E-state index contributed by atoms with van der Waals surface area (Å²) in [5.74, 6) is 0.373. The third-order valence-electron chi connectivity index (χ3n) is 5.80. The molecule has 27 heavy (non-hydrogen) atoms. The van der Waals surface area contributed by atoms with Crippen molar-refractivity contribution in [2.75, 3.05) is 0 Å². The normalized spacial score (nSPS) is 25.4.